The van der Waals surface area contributed by atoms with Crippen LogP contribution in [0.1, 0.15) is 29.6 Å². The second kappa shape index (κ2) is 9.17. The smallest absolute Gasteiger partial charge is 0.330 e. The minimum atomic E-state index is -1.11. The molecule has 0 spiro atoms. The molecule has 2 N–H and O–H groups in total. The number of ether oxygens (including phenoxy) is 1. The maximum absolute atomic E-state index is 12.5. The van der Waals surface area contributed by atoms with E-state index in [2.05, 4.69) is 10.1 Å². The van der Waals surface area contributed by atoms with Gasteiger partial charge in [-0.2, -0.15) is 0 Å². The topological polar surface area (TPSA) is 80.6 Å². The number of aliphatic hydroxyl groups is 1. The van der Waals surface area contributed by atoms with Crippen LogP contribution in [-0.2, 0) is 16.1 Å². The molecule has 25 heavy (non-hydrogen) atoms. The minimum absolute atomic E-state index is 0.323. The van der Waals surface area contributed by atoms with Crippen molar-refractivity contribution in [2.45, 2.75) is 31.8 Å². The molecule has 0 aliphatic rings. The summed E-state index contributed by atoms with van der Waals surface area (Å²) in [5, 5.41) is 12.5. The first kappa shape index (κ1) is 18.9. The number of esters is 1. The van der Waals surface area contributed by atoms with Crippen LogP contribution >= 0.6 is 0 Å². The van der Waals surface area contributed by atoms with E-state index in [1.165, 1.54) is 7.11 Å². The molecule has 0 unspecified atom stereocenters. The highest BCUT2D eigenvalue weighted by molar-refractivity contribution is 6.08. The summed E-state index contributed by atoms with van der Waals surface area (Å²) in [6.07, 6.45) is 3.84. The number of hydrogen-bond acceptors (Lipinski definition) is 4. The van der Waals surface area contributed by atoms with E-state index in [0.717, 1.165) is 23.7 Å². The Labute approximate surface area is 145 Å². The Bertz CT molecular complexity index is 729. The van der Waals surface area contributed by atoms with Crippen LogP contribution < -0.4 is 5.32 Å². The molecule has 1 heterocycles. The number of nitrogens with zero attached hydrogens (tertiary/aromatic N) is 1. The van der Waals surface area contributed by atoms with Crippen LogP contribution in [0.15, 0.2) is 30.5 Å². The molecular weight excluding hydrogens is 327 g/mol. The van der Waals surface area contributed by atoms with Crippen molar-refractivity contribution in [1.29, 1.82) is 0 Å². The molecule has 1 amide bonds. The number of benzene rings is 1. The molecule has 1 aromatic heterocycles. The molecule has 1 atom stereocenters. The molecule has 0 bridgehead atoms. The summed E-state index contributed by atoms with van der Waals surface area (Å²) in [7, 11) is 1.19. The highest BCUT2D eigenvalue weighted by Crippen LogP contribution is 2.22. The summed E-state index contributed by atoms with van der Waals surface area (Å²) in [5.41, 5.74) is 1.31. The Balaban J connectivity index is 2.22. The number of hydrogen-bond donors (Lipinski definition) is 2. The molecule has 0 saturated heterocycles. The Morgan fingerprint density at radius 3 is 2.72 bits per heavy atom. The fraction of sp³-hybridized carbons (Fsp3) is 0.444. The van der Waals surface area contributed by atoms with Crippen molar-refractivity contribution in [3.8, 4) is 0 Å². The lowest BCUT2D eigenvalue weighted by Crippen LogP contribution is -2.44. The van der Waals surface area contributed by atoms with E-state index in [1.807, 2.05) is 28.8 Å². The van der Waals surface area contributed by atoms with Crippen LogP contribution in [0.4, 0.5) is 4.39 Å². The van der Waals surface area contributed by atoms with Crippen molar-refractivity contribution >= 4 is 22.8 Å². The maximum atomic E-state index is 12.5. The van der Waals surface area contributed by atoms with E-state index in [-0.39, 0.29) is 6.67 Å². The van der Waals surface area contributed by atoms with Crippen molar-refractivity contribution in [2.75, 3.05) is 20.4 Å². The number of alkyl halides is 1. The number of aryl methyl sites for hydroxylation is 1. The van der Waals surface area contributed by atoms with Gasteiger partial charge in [-0.25, -0.2) is 4.79 Å². The predicted molar refractivity (Wildman–Crippen MR) is 92.1 cm³/mol. The number of rotatable bonds is 9. The number of aliphatic hydroxyl groups excluding tert-OH is 1. The minimum Gasteiger partial charge on any atom is -0.467 e. The normalized spacial score (nSPS) is 12.1. The zero-order valence-electron chi connectivity index (χ0n) is 14.2. The molecule has 0 aliphatic carbocycles. The van der Waals surface area contributed by atoms with Crippen molar-refractivity contribution in [2.24, 2.45) is 0 Å². The van der Waals surface area contributed by atoms with Crippen LogP contribution in [0.25, 0.3) is 10.9 Å². The fourth-order valence-corrected chi connectivity index (χ4v) is 2.72. The van der Waals surface area contributed by atoms with Gasteiger partial charge in [0.15, 0.2) is 6.04 Å². The van der Waals surface area contributed by atoms with Gasteiger partial charge in [-0.15, -0.1) is 0 Å². The van der Waals surface area contributed by atoms with Gasteiger partial charge in [0.2, 0.25) is 0 Å². The number of para-hydroxylation sites is 1. The van der Waals surface area contributed by atoms with E-state index < -0.39 is 24.5 Å². The third-order valence-electron chi connectivity index (χ3n) is 4.04. The molecule has 0 saturated carbocycles. The highest BCUT2D eigenvalue weighted by Gasteiger charge is 2.23. The molecule has 0 radical (unpaired) electrons. The van der Waals surface area contributed by atoms with Gasteiger partial charge in [0.25, 0.3) is 5.91 Å². The second-order valence-corrected chi connectivity index (χ2v) is 5.73. The highest BCUT2D eigenvalue weighted by atomic mass is 19.1. The molecule has 0 fully saturated rings. The molecule has 7 heteroatoms. The van der Waals surface area contributed by atoms with Gasteiger partial charge in [0.1, 0.15) is 0 Å². The van der Waals surface area contributed by atoms with E-state index in [4.69, 9.17) is 0 Å². The number of aromatic nitrogens is 1. The average molecular weight is 350 g/mol. The summed E-state index contributed by atoms with van der Waals surface area (Å²) in [6.45, 7) is -0.190. The second-order valence-electron chi connectivity index (χ2n) is 5.73. The average Bonchev–Trinajstić information content (AvgIpc) is 3.01. The van der Waals surface area contributed by atoms with Crippen molar-refractivity contribution in [1.82, 2.24) is 9.88 Å². The van der Waals surface area contributed by atoms with Crippen molar-refractivity contribution in [3.05, 3.63) is 36.0 Å². The van der Waals surface area contributed by atoms with E-state index in [9.17, 15) is 19.1 Å². The molecule has 1 aromatic carbocycles. The van der Waals surface area contributed by atoms with Gasteiger partial charge in [0, 0.05) is 23.6 Å². The third kappa shape index (κ3) is 4.57. The largest absolute Gasteiger partial charge is 0.467 e. The van der Waals surface area contributed by atoms with Crippen molar-refractivity contribution < 1.29 is 23.8 Å². The Morgan fingerprint density at radius 2 is 2.04 bits per heavy atom. The fourth-order valence-electron chi connectivity index (χ4n) is 2.72. The molecule has 2 rings (SSSR count). The Morgan fingerprint density at radius 1 is 1.28 bits per heavy atom. The van der Waals surface area contributed by atoms with E-state index in [1.54, 1.807) is 6.20 Å². The zero-order valence-corrected chi connectivity index (χ0v) is 14.2. The van der Waals surface area contributed by atoms with Gasteiger partial charge in [0.05, 0.1) is 26.0 Å². The summed E-state index contributed by atoms with van der Waals surface area (Å²) in [4.78, 5) is 24.1. The van der Waals surface area contributed by atoms with Crippen LogP contribution in [0.5, 0.6) is 0 Å². The first-order chi connectivity index (χ1) is 12.1. The third-order valence-corrected chi connectivity index (χ3v) is 4.04. The van der Waals surface area contributed by atoms with Gasteiger partial charge < -0.3 is 19.7 Å². The first-order valence-corrected chi connectivity index (χ1v) is 8.25. The van der Waals surface area contributed by atoms with Crippen LogP contribution in [0.3, 0.4) is 0 Å². The number of carbonyl (C=O) groups is 2. The number of nitrogens with one attached hydrogen (secondary N) is 1. The monoisotopic (exact) mass is 350 g/mol. The van der Waals surface area contributed by atoms with Crippen LogP contribution in [0, 0.1) is 0 Å². The van der Waals surface area contributed by atoms with Gasteiger partial charge >= 0.3 is 5.97 Å². The predicted octanol–water partition coefficient (Wildman–Crippen LogP) is 2.04. The van der Waals surface area contributed by atoms with E-state index in [0.29, 0.717) is 18.5 Å². The lowest BCUT2D eigenvalue weighted by atomic mass is 10.1. The molecular formula is C18H23FN2O4. The summed E-state index contributed by atoms with van der Waals surface area (Å²) < 4.78 is 18.7. The van der Waals surface area contributed by atoms with Crippen molar-refractivity contribution in [3.63, 3.8) is 0 Å². The lowest BCUT2D eigenvalue weighted by molar-refractivity contribution is -0.143. The standard InChI is InChI=1S/C18H23FN2O4/c1-25-18(24)15(12-22)20-17(23)14-11-21(10-6-2-5-9-19)16-8-4-3-7-13(14)16/h3-4,7-8,11,15,22H,2,5-6,9-10,12H2,1H3,(H,20,23)/t15-/m1/s1. The first-order valence-electron chi connectivity index (χ1n) is 8.25. The molecule has 2 aromatic rings. The number of methoxy groups -OCH3 is 1. The molecule has 6 nitrogen and oxygen atoms in total. The summed E-state index contributed by atoms with van der Waals surface area (Å²) in [6, 6.07) is 6.34. The van der Waals surface area contributed by atoms with E-state index >= 15 is 0 Å². The maximum Gasteiger partial charge on any atom is 0.330 e. The Hall–Kier alpha value is -2.41. The lowest BCUT2D eigenvalue weighted by Gasteiger charge is -2.13. The number of halogens is 1. The molecule has 136 valence electrons. The van der Waals surface area contributed by atoms with Gasteiger partial charge in [-0.3, -0.25) is 9.18 Å². The van der Waals surface area contributed by atoms with Crippen LogP contribution in [0.2, 0.25) is 0 Å². The SMILES string of the molecule is COC(=O)[C@@H](CO)NC(=O)c1cn(CCCCCF)c2ccccc12. The quantitative estimate of drug-likeness (QED) is 0.536. The molecule has 0 aliphatic heterocycles. The Kier molecular flexibility index (Phi) is 6.94. The zero-order chi connectivity index (χ0) is 18.2. The van der Waals surface area contributed by atoms with Gasteiger partial charge in [-0.1, -0.05) is 18.2 Å². The number of fused-ring (bicyclic) bond motifs is 1. The number of amides is 1. The summed E-state index contributed by atoms with van der Waals surface area (Å²) >= 11 is 0. The number of carbonyl (C=O) groups excluding carboxylic acids is 2. The summed E-state index contributed by atoms with van der Waals surface area (Å²) in [5.74, 6) is -1.16. The van der Waals surface area contributed by atoms with Gasteiger partial charge in [-0.05, 0) is 25.3 Å². The van der Waals surface area contributed by atoms with Crippen LogP contribution in [-0.4, -0.2) is 48.0 Å². The number of unbranched alkanes of at least 4 members (excludes halogenated alkanes) is 2.